The van der Waals surface area contributed by atoms with Crippen molar-refractivity contribution < 1.29 is 9.90 Å². The first-order chi connectivity index (χ1) is 10.1. The maximum atomic E-state index is 11.8. The van der Waals surface area contributed by atoms with E-state index in [0.717, 1.165) is 16.5 Å². The summed E-state index contributed by atoms with van der Waals surface area (Å²) in [6, 6.07) is 2.80. The van der Waals surface area contributed by atoms with Crippen molar-refractivity contribution >= 4 is 17.2 Å². The first-order valence-corrected chi connectivity index (χ1v) is 6.75. The van der Waals surface area contributed by atoms with Gasteiger partial charge in [-0.15, -0.1) is 11.3 Å². The van der Waals surface area contributed by atoms with Crippen molar-refractivity contribution in [3.8, 4) is 11.8 Å². The third-order valence-corrected chi connectivity index (χ3v) is 3.33. The number of rotatable bonds is 3. The summed E-state index contributed by atoms with van der Waals surface area (Å²) in [5.74, 6) is 4.74. The fraction of sp³-hybridized carbons (Fsp3) is 0.154. The summed E-state index contributed by atoms with van der Waals surface area (Å²) in [6.07, 6.45) is 0. The Labute approximate surface area is 122 Å². The molecular weight excluding hydrogens is 294 g/mol. The highest BCUT2D eigenvalue weighted by Gasteiger charge is 2.08. The number of aromatic nitrogens is 2. The molecule has 108 valence electrons. The van der Waals surface area contributed by atoms with Crippen molar-refractivity contribution in [3.05, 3.63) is 54.5 Å². The summed E-state index contributed by atoms with van der Waals surface area (Å²) in [4.78, 5) is 39.1. The largest absolute Gasteiger partial charge is 0.384 e. The van der Waals surface area contributed by atoms with E-state index in [2.05, 4.69) is 22.1 Å². The zero-order valence-corrected chi connectivity index (χ0v) is 11.5. The zero-order valence-electron chi connectivity index (χ0n) is 10.7. The van der Waals surface area contributed by atoms with Crippen molar-refractivity contribution in [2.75, 3.05) is 6.61 Å². The number of H-pyrrole nitrogens is 2. The van der Waals surface area contributed by atoms with E-state index in [0.29, 0.717) is 0 Å². The summed E-state index contributed by atoms with van der Waals surface area (Å²) in [5.41, 5.74) is -0.713. The SMILES string of the molecule is O=C(NCc1cc(C#CCO)cs1)c1cc(=O)[nH]c(=O)[nH]1. The third kappa shape index (κ3) is 4.17. The zero-order chi connectivity index (χ0) is 15.2. The molecule has 2 aromatic rings. The number of thiophene rings is 1. The van der Waals surface area contributed by atoms with Crippen LogP contribution in [0.25, 0.3) is 0 Å². The van der Waals surface area contributed by atoms with Crippen LogP contribution in [0.3, 0.4) is 0 Å². The van der Waals surface area contributed by atoms with Gasteiger partial charge in [-0.2, -0.15) is 0 Å². The minimum Gasteiger partial charge on any atom is -0.384 e. The van der Waals surface area contributed by atoms with Gasteiger partial charge < -0.3 is 15.4 Å². The van der Waals surface area contributed by atoms with Gasteiger partial charge in [-0.05, 0) is 6.07 Å². The van der Waals surface area contributed by atoms with Crippen molar-refractivity contribution in [1.29, 1.82) is 0 Å². The Morgan fingerprint density at radius 2 is 2.14 bits per heavy atom. The Morgan fingerprint density at radius 1 is 1.33 bits per heavy atom. The van der Waals surface area contributed by atoms with Crippen LogP contribution in [0.15, 0.2) is 27.1 Å². The molecule has 0 radical (unpaired) electrons. The molecule has 21 heavy (non-hydrogen) atoms. The van der Waals surface area contributed by atoms with E-state index >= 15 is 0 Å². The second kappa shape index (κ2) is 6.69. The Kier molecular flexibility index (Phi) is 4.71. The topological polar surface area (TPSA) is 115 Å². The van der Waals surface area contributed by atoms with Gasteiger partial charge in [-0.3, -0.25) is 14.6 Å². The van der Waals surface area contributed by atoms with Crippen molar-refractivity contribution in [2.24, 2.45) is 0 Å². The number of carbonyl (C=O) groups is 1. The van der Waals surface area contributed by atoms with Crippen LogP contribution in [0.2, 0.25) is 0 Å². The van der Waals surface area contributed by atoms with E-state index < -0.39 is 17.2 Å². The normalized spacial score (nSPS) is 9.76. The number of aliphatic hydroxyl groups is 1. The molecule has 7 nitrogen and oxygen atoms in total. The Morgan fingerprint density at radius 3 is 2.86 bits per heavy atom. The highest BCUT2D eigenvalue weighted by Crippen LogP contribution is 2.13. The molecule has 0 aliphatic carbocycles. The van der Waals surface area contributed by atoms with Gasteiger partial charge in [0.05, 0.1) is 6.54 Å². The third-order valence-electron chi connectivity index (χ3n) is 2.39. The number of aliphatic hydroxyl groups excluding tert-OH is 1. The molecule has 0 unspecified atom stereocenters. The molecule has 0 saturated heterocycles. The number of aromatic amines is 2. The predicted octanol–water partition coefficient (Wildman–Crippen LogP) is -0.602. The van der Waals surface area contributed by atoms with Crippen LogP contribution in [0, 0.1) is 11.8 Å². The highest BCUT2D eigenvalue weighted by molar-refractivity contribution is 7.10. The van der Waals surface area contributed by atoms with Gasteiger partial charge in [0.25, 0.3) is 11.5 Å². The molecule has 0 atom stereocenters. The monoisotopic (exact) mass is 305 g/mol. The summed E-state index contributed by atoms with van der Waals surface area (Å²) >= 11 is 1.40. The average Bonchev–Trinajstić information content (AvgIpc) is 2.89. The predicted molar refractivity (Wildman–Crippen MR) is 77.1 cm³/mol. The van der Waals surface area contributed by atoms with Crippen LogP contribution in [-0.4, -0.2) is 27.6 Å². The smallest absolute Gasteiger partial charge is 0.326 e. The molecule has 0 bridgehead atoms. The molecule has 0 saturated carbocycles. The lowest BCUT2D eigenvalue weighted by molar-refractivity contribution is 0.0945. The van der Waals surface area contributed by atoms with E-state index in [1.165, 1.54) is 11.3 Å². The quantitative estimate of drug-likeness (QED) is 0.567. The van der Waals surface area contributed by atoms with E-state index in [4.69, 9.17) is 5.11 Å². The molecule has 0 aromatic carbocycles. The Balaban J connectivity index is 2.02. The number of nitrogens with one attached hydrogen (secondary N) is 3. The van der Waals surface area contributed by atoms with Gasteiger partial charge in [0.1, 0.15) is 12.3 Å². The fourth-order valence-corrected chi connectivity index (χ4v) is 2.29. The standard InChI is InChI=1S/C13H11N3O4S/c17-3-1-2-8-4-9(21-7-8)6-14-12(19)10-5-11(18)16-13(20)15-10/h4-5,7,17H,3,6H2,(H,14,19)(H2,15,16,18,20). The van der Waals surface area contributed by atoms with Crippen molar-refractivity contribution in [3.63, 3.8) is 0 Å². The minimum atomic E-state index is -0.731. The minimum absolute atomic E-state index is 0.0967. The van der Waals surface area contributed by atoms with Gasteiger partial charge >= 0.3 is 5.69 Å². The van der Waals surface area contributed by atoms with Crippen LogP contribution < -0.4 is 16.6 Å². The molecule has 2 heterocycles. The van der Waals surface area contributed by atoms with Gasteiger partial charge in [-0.25, -0.2) is 4.79 Å². The van der Waals surface area contributed by atoms with E-state index in [1.807, 2.05) is 4.98 Å². The maximum Gasteiger partial charge on any atom is 0.326 e. The van der Waals surface area contributed by atoms with Crippen LogP contribution in [0.4, 0.5) is 0 Å². The van der Waals surface area contributed by atoms with E-state index in [1.54, 1.807) is 11.4 Å². The highest BCUT2D eigenvalue weighted by atomic mass is 32.1. The molecule has 0 fully saturated rings. The molecule has 8 heteroatoms. The molecule has 0 aliphatic heterocycles. The summed E-state index contributed by atoms with van der Waals surface area (Å²) in [5, 5.41) is 13.0. The van der Waals surface area contributed by atoms with Crippen LogP contribution in [0.5, 0.6) is 0 Å². The van der Waals surface area contributed by atoms with Gasteiger partial charge in [0.2, 0.25) is 0 Å². The molecule has 0 spiro atoms. The second-order valence-corrected chi connectivity index (χ2v) is 4.94. The number of hydrogen-bond donors (Lipinski definition) is 4. The van der Waals surface area contributed by atoms with Gasteiger partial charge in [0, 0.05) is 21.9 Å². The van der Waals surface area contributed by atoms with Crippen LogP contribution in [0.1, 0.15) is 20.9 Å². The lowest BCUT2D eigenvalue weighted by atomic mass is 10.3. The molecular formula is C13H11N3O4S. The second-order valence-electron chi connectivity index (χ2n) is 3.95. The molecule has 2 aromatic heterocycles. The van der Waals surface area contributed by atoms with Crippen molar-refractivity contribution in [1.82, 2.24) is 15.3 Å². The lowest BCUT2D eigenvalue weighted by Crippen LogP contribution is -2.30. The molecule has 0 aliphatic rings. The average molecular weight is 305 g/mol. The fourth-order valence-electron chi connectivity index (χ4n) is 1.53. The van der Waals surface area contributed by atoms with E-state index in [-0.39, 0.29) is 18.8 Å². The lowest BCUT2D eigenvalue weighted by Gasteiger charge is -2.02. The summed E-state index contributed by atoms with van der Waals surface area (Å²) in [6.45, 7) is 0.0387. The Bertz CT molecular complexity index is 794. The maximum absolute atomic E-state index is 11.8. The summed E-state index contributed by atoms with van der Waals surface area (Å²) < 4.78 is 0. The van der Waals surface area contributed by atoms with E-state index in [9.17, 15) is 14.4 Å². The number of amides is 1. The first kappa shape index (κ1) is 14.8. The van der Waals surface area contributed by atoms with Crippen LogP contribution in [-0.2, 0) is 6.54 Å². The molecule has 4 N–H and O–H groups in total. The Hall–Kier alpha value is -2.63. The number of carbonyl (C=O) groups excluding carboxylic acids is 1. The summed E-state index contributed by atoms with van der Waals surface area (Å²) in [7, 11) is 0. The molecule has 1 amide bonds. The van der Waals surface area contributed by atoms with Gasteiger partial charge in [-0.1, -0.05) is 11.8 Å². The first-order valence-electron chi connectivity index (χ1n) is 5.87. The van der Waals surface area contributed by atoms with Crippen molar-refractivity contribution in [2.45, 2.75) is 6.54 Å². The number of hydrogen-bond acceptors (Lipinski definition) is 5. The van der Waals surface area contributed by atoms with Crippen LogP contribution >= 0.6 is 11.3 Å². The molecule has 2 rings (SSSR count). The van der Waals surface area contributed by atoms with Gasteiger partial charge in [0.15, 0.2) is 0 Å².